The van der Waals surface area contributed by atoms with Gasteiger partial charge in [0.2, 0.25) is 17.4 Å². The summed E-state index contributed by atoms with van der Waals surface area (Å²) in [7, 11) is 0. The summed E-state index contributed by atoms with van der Waals surface area (Å²) in [5, 5.41) is 26.7. The molecule has 0 bridgehead atoms. The highest BCUT2D eigenvalue weighted by Gasteiger charge is 2.26. The Kier molecular flexibility index (Phi) is 4.12. The molecule has 1 aromatic carbocycles. The second-order valence-corrected chi connectivity index (χ2v) is 7.35. The van der Waals surface area contributed by atoms with E-state index < -0.39 is 0 Å². The first-order valence-electron chi connectivity index (χ1n) is 9.14. The third-order valence-electron chi connectivity index (χ3n) is 5.20. The van der Waals surface area contributed by atoms with Crippen LogP contribution in [0.3, 0.4) is 0 Å². The Morgan fingerprint density at radius 3 is 3.07 bits per heavy atom. The van der Waals surface area contributed by atoms with E-state index in [0.29, 0.717) is 45.3 Å². The smallest absolute Gasteiger partial charge is 0.260 e. The summed E-state index contributed by atoms with van der Waals surface area (Å²) in [6, 6.07) is 5.28. The molecule has 0 spiro atoms. The van der Waals surface area contributed by atoms with Crippen LogP contribution in [0.2, 0.25) is 5.02 Å². The van der Waals surface area contributed by atoms with Gasteiger partial charge in [-0.15, -0.1) is 0 Å². The Bertz CT molecular complexity index is 1300. The summed E-state index contributed by atoms with van der Waals surface area (Å²) in [5.74, 6) is 0.775. The molecule has 0 radical (unpaired) electrons. The van der Waals surface area contributed by atoms with Crippen LogP contribution in [0.1, 0.15) is 30.0 Å². The second-order valence-electron chi connectivity index (χ2n) is 6.94. The first-order valence-corrected chi connectivity index (χ1v) is 9.52. The molecule has 146 valence electrons. The molecule has 3 aromatic heterocycles. The van der Waals surface area contributed by atoms with Crippen molar-refractivity contribution in [2.45, 2.75) is 32.3 Å². The van der Waals surface area contributed by atoms with Crippen molar-refractivity contribution < 1.29 is 14.0 Å². The molecule has 9 nitrogen and oxygen atoms in total. The number of fused-ring (bicyclic) bond motifs is 3. The minimum atomic E-state index is 0.0886. The number of nitriles is 1. The molecule has 1 saturated heterocycles. The average Bonchev–Trinajstić information content (AvgIpc) is 3.46. The first kappa shape index (κ1) is 17.8. The monoisotopic (exact) mass is 410 g/mol. The van der Waals surface area contributed by atoms with E-state index in [1.54, 1.807) is 29.8 Å². The van der Waals surface area contributed by atoms with Crippen LogP contribution in [0.4, 0.5) is 0 Å². The summed E-state index contributed by atoms with van der Waals surface area (Å²) in [6.45, 7) is 2.41. The van der Waals surface area contributed by atoms with Gasteiger partial charge < -0.3 is 14.5 Å². The van der Waals surface area contributed by atoms with E-state index in [-0.39, 0.29) is 22.2 Å². The zero-order valence-electron chi connectivity index (χ0n) is 15.4. The van der Waals surface area contributed by atoms with E-state index in [1.165, 1.54) is 0 Å². The van der Waals surface area contributed by atoms with Crippen molar-refractivity contribution in [1.29, 1.82) is 5.26 Å². The second kappa shape index (κ2) is 6.69. The van der Waals surface area contributed by atoms with E-state index in [0.717, 1.165) is 19.4 Å². The molecule has 1 aliphatic heterocycles. The zero-order chi connectivity index (χ0) is 20.1. The Hall–Kier alpha value is -3.22. The number of rotatable bonds is 3. The number of ether oxygens (including phenoxy) is 1. The largest absolute Gasteiger partial charge is 0.618 e. The topological polar surface area (TPSA) is 116 Å². The molecule has 0 amide bonds. The molecule has 29 heavy (non-hydrogen) atoms. The molecule has 4 aromatic rings. The highest BCUT2D eigenvalue weighted by molar-refractivity contribution is 6.32. The fraction of sp³-hybridized carbons (Fsp3) is 0.316. The van der Waals surface area contributed by atoms with Crippen molar-refractivity contribution in [1.82, 2.24) is 19.5 Å². The summed E-state index contributed by atoms with van der Waals surface area (Å²) < 4.78 is 13.4. The van der Waals surface area contributed by atoms with Gasteiger partial charge in [-0.1, -0.05) is 16.8 Å². The molecule has 5 rings (SSSR count). The van der Waals surface area contributed by atoms with Crippen LogP contribution < -0.4 is 4.73 Å². The Morgan fingerprint density at radius 1 is 1.45 bits per heavy atom. The van der Waals surface area contributed by atoms with E-state index >= 15 is 0 Å². The van der Waals surface area contributed by atoms with Gasteiger partial charge in [-0.3, -0.25) is 4.40 Å². The molecule has 0 saturated carbocycles. The minimum absolute atomic E-state index is 0.0886. The van der Waals surface area contributed by atoms with Gasteiger partial charge in [0.25, 0.3) is 5.52 Å². The third kappa shape index (κ3) is 2.72. The fourth-order valence-electron chi connectivity index (χ4n) is 3.80. The van der Waals surface area contributed by atoms with Gasteiger partial charge >= 0.3 is 0 Å². The summed E-state index contributed by atoms with van der Waals surface area (Å²) >= 11 is 6.11. The molecule has 0 N–H and O–H groups in total. The first-order chi connectivity index (χ1) is 14.1. The highest BCUT2D eigenvalue weighted by atomic mass is 35.5. The molecule has 1 fully saturated rings. The Balaban J connectivity index is 1.67. The molecule has 10 heteroatoms. The highest BCUT2D eigenvalue weighted by Crippen LogP contribution is 2.29. The van der Waals surface area contributed by atoms with Crippen LogP contribution in [0.15, 0.2) is 23.0 Å². The average molecular weight is 411 g/mol. The van der Waals surface area contributed by atoms with Gasteiger partial charge in [0.1, 0.15) is 34.7 Å². The van der Waals surface area contributed by atoms with Gasteiger partial charge in [-0.05, 0) is 25.0 Å². The van der Waals surface area contributed by atoms with Crippen molar-refractivity contribution in [3.8, 4) is 17.6 Å². The minimum Gasteiger partial charge on any atom is -0.618 e. The van der Waals surface area contributed by atoms with Crippen molar-refractivity contribution in [3.05, 3.63) is 45.8 Å². The Morgan fingerprint density at radius 2 is 2.31 bits per heavy atom. The maximum atomic E-state index is 13.0. The van der Waals surface area contributed by atoms with E-state index in [9.17, 15) is 10.5 Å². The lowest BCUT2D eigenvalue weighted by Crippen LogP contribution is -2.33. The zero-order valence-corrected chi connectivity index (χ0v) is 16.2. The standard InChI is InChI=1S/C19H15ClN6O3/c1-10-17-16(19-23-15(29-24-19)7-11-3-2-6-28-11)22-9-25(17)14-5-4-13(20)12(8-21)18(14)26(10)27/h4-5,9,11H,2-3,6-7H2,1H3. The van der Waals surface area contributed by atoms with Gasteiger partial charge in [-0.25, -0.2) is 4.98 Å². The lowest BCUT2D eigenvalue weighted by Gasteiger charge is -2.10. The third-order valence-corrected chi connectivity index (χ3v) is 5.52. The SMILES string of the molecule is Cc1c2c(-c3noc(CC4CCCO4)n3)ncn2c2ccc(Cl)c(C#N)c2[n+]1[O-]. The number of halogens is 1. The number of benzene rings is 1. The number of aromatic nitrogens is 5. The normalized spacial score (nSPS) is 16.7. The number of hydrogen-bond acceptors (Lipinski definition) is 7. The number of hydrogen-bond donors (Lipinski definition) is 0. The lowest BCUT2D eigenvalue weighted by atomic mass is 10.1. The summed E-state index contributed by atoms with van der Waals surface area (Å²) in [6.07, 6.45) is 4.21. The fourth-order valence-corrected chi connectivity index (χ4v) is 3.99. The van der Waals surface area contributed by atoms with Crippen LogP contribution in [-0.2, 0) is 11.2 Å². The van der Waals surface area contributed by atoms with E-state index in [2.05, 4.69) is 15.1 Å². The Labute approximate surface area is 169 Å². The summed E-state index contributed by atoms with van der Waals surface area (Å²) in [5.41, 5.74) is 2.17. The number of imidazole rings is 1. The molecule has 4 heterocycles. The number of aryl methyl sites for hydroxylation is 1. The molecule has 1 unspecified atom stereocenters. The van der Waals surface area contributed by atoms with E-state index in [1.807, 2.05) is 6.07 Å². The lowest BCUT2D eigenvalue weighted by molar-refractivity contribution is -0.583. The van der Waals surface area contributed by atoms with Crippen LogP contribution >= 0.6 is 11.6 Å². The molecule has 1 atom stereocenters. The molecular formula is C19H15ClN6O3. The van der Waals surface area contributed by atoms with Crippen LogP contribution in [0.5, 0.6) is 0 Å². The maximum Gasteiger partial charge on any atom is 0.260 e. The predicted octanol–water partition coefficient (Wildman–Crippen LogP) is 2.73. The van der Waals surface area contributed by atoms with Crippen molar-refractivity contribution in [2.75, 3.05) is 6.61 Å². The summed E-state index contributed by atoms with van der Waals surface area (Å²) in [4.78, 5) is 8.87. The van der Waals surface area contributed by atoms with Crippen LogP contribution in [0, 0.1) is 23.5 Å². The van der Waals surface area contributed by atoms with Crippen molar-refractivity contribution in [2.24, 2.45) is 0 Å². The number of nitrogens with zero attached hydrogens (tertiary/aromatic N) is 6. The van der Waals surface area contributed by atoms with Gasteiger partial charge in [0.15, 0.2) is 0 Å². The molecule has 0 aliphatic carbocycles. The van der Waals surface area contributed by atoms with E-state index in [4.69, 9.17) is 20.9 Å². The quantitative estimate of drug-likeness (QED) is 0.376. The molecule has 1 aliphatic rings. The van der Waals surface area contributed by atoms with Gasteiger partial charge in [0, 0.05) is 13.5 Å². The molecular weight excluding hydrogens is 396 g/mol. The van der Waals surface area contributed by atoms with Crippen LogP contribution in [-0.4, -0.2) is 32.2 Å². The van der Waals surface area contributed by atoms with Gasteiger partial charge in [0.05, 0.1) is 17.5 Å². The van der Waals surface area contributed by atoms with Gasteiger partial charge in [-0.2, -0.15) is 15.0 Å². The maximum absolute atomic E-state index is 13.0. The van der Waals surface area contributed by atoms with Crippen molar-refractivity contribution in [3.63, 3.8) is 0 Å². The van der Waals surface area contributed by atoms with Crippen molar-refractivity contribution >= 4 is 28.2 Å². The van der Waals surface area contributed by atoms with Crippen LogP contribution in [0.25, 0.3) is 28.1 Å². The predicted molar refractivity (Wildman–Crippen MR) is 102 cm³/mol.